The van der Waals surface area contributed by atoms with Gasteiger partial charge < -0.3 is 5.01 Å². The predicted octanol–water partition coefficient (Wildman–Crippen LogP) is 1.06. The molecule has 0 aromatic rings. The van der Waals surface area contributed by atoms with Gasteiger partial charge in [0.05, 0.1) is 4.99 Å². The van der Waals surface area contributed by atoms with Crippen LogP contribution in [0.1, 0.15) is 25.7 Å². The third-order valence-electron chi connectivity index (χ3n) is 1.61. The Balaban J connectivity index is 2.41. The Bertz CT molecular complexity index is 114. The van der Waals surface area contributed by atoms with Gasteiger partial charge in [0.1, 0.15) is 0 Å². The molecule has 0 saturated carbocycles. The standard InChI is InChI=1S/C6H12N2S/c7-8-5-3-1-2-4-6(8)9/h1-5,7H2. The van der Waals surface area contributed by atoms with Crippen LogP contribution in [0.3, 0.4) is 0 Å². The van der Waals surface area contributed by atoms with E-state index in [4.69, 9.17) is 18.1 Å². The largest absolute Gasteiger partial charge is 0.305 e. The fourth-order valence-corrected chi connectivity index (χ4v) is 1.24. The smallest absolute Gasteiger partial charge is 0.0919 e. The first-order valence-electron chi connectivity index (χ1n) is 3.36. The summed E-state index contributed by atoms with van der Waals surface area (Å²) in [6.07, 6.45) is 4.68. The molecule has 0 aromatic heterocycles. The third-order valence-corrected chi connectivity index (χ3v) is 2.05. The van der Waals surface area contributed by atoms with Crippen LogP contribution in [0.2, 0.25) is 0 Å². The van der Waals surface area contributed by atoms with E-state index in [0.717, 1.165) is 18.0 Å². The highest BCUT2D eigenvalue weighted by atomic mass is 32.1. The zero-order valence-electron chi connectivity index (χ0n) is 5.47. The Morgan fingerprint density at radius 3 is 2.89 bits per heavy atom. The summed E-state index contributed by atoms with van der Waals surface area (Å²) < 4.78 is 0. The first-order chi connectivity index (χ1) is 4.30. The van der Waals surface area contributed by atoms with Crippen molar-refractivity contribution in [1.29, 1.82) is 0 Å². The lowest BCUT2D eigenvalue weighted by Gasteiger charge is -2.14. The predicted molar refractivity (Wildman–Crippen MR) is 42.0 cm³/mol. The first-order valence-corrected chi connectivity index (χ1v) is 3.76. The van der Waals surface area contributed by atoms with Gasteiger partial charge in [0, 0.05) is 6.54 Å². The highest BCUT2D eigenvalue weighted by Crippen LogP contribution is 2.08. The molecule has 0 bridgehead atoms. The molecule has 1 aliphatic rings. The van der Waals surface area contributed by atoms with E-state index < -0.39 is 0 Å². The number of nitrogens with two attached hydrogens (primary N) is 1. The van der Waals surface area contributed by atoms with Gasteiger partial charge in [-0.2, -0.15) is 0 Å². The van der Waals surface area contributed by atoms with Crippen LogP contribution >= 0.6 is 12.2 Å². The summed E-state index contributed by atoms with van der Waals surface area (Å²) in [5.41, 5.74) is 0. The summed E-state index contributed by atoms with van der Waals surface area (Å²) in [5.74, 6) is 5.57. The van der Waals surface area contributed by atoms with E-state index in [0.29, 0.717) is 0 Å². The highest BCUT2D eigenvalue weighted by Gasteiger charge is 2.07. The molecule has 0 aliphatic carbocycles. The molecule has 3 heteroatoms. The lowest BCUT2D eigenvalue weighted by Crippen LogP contribution is -2.35. The summed E-state index contributed by atoms with van der Waals surface area (Å²) in [6.45, 7) is 0.943. The summed E-state index contributed by atoms with van der Waals surface area (Å²) in [5, 5.41) is 1.70. The molecular weight excluding hydrogens is 132 g/mol. The van der Waals surface area contributed by atoms with E-state index in [9.17, 15) is 0 Å². The van der Waals surface area contributed by atoms with E-state index in [1.54, 1.807) is 5.01 Å². The lowest BCUT2D eigenvalue weighted by atomic mass is 10.2. The maximum atomic E-state index is 5.57. The second-order valence-electron chi connectivity index (χ2n) is 2.40. The Morgan fingerprint density at radius 1 is 1.33 bits per heavy atom. The molecule has 0 spiro atoms. The molecule has 0 radical (unpaired) electrons. The maximum absolute atomic E-state index is 5.57. The molecule has 0 amide bonds. The molecule has 1 heterocycles. The van der Waals surface area contributed by atoms with Gasteiger partial charge in [0.15, 0.2) is 0 Å². The second-order valence-corrected chi connectivity index (χ2v) is 2.87. The van der Waals surface area contributed by atoms with Crippen LogP contribution in [0.25, 0.3) is 0 Å². The molecule has 0 unspecified atom stereocenters. The van der Waals surface area contributed by atoms with Crippen LogP contribution in [0.4, 0.5) is 0 Å². The molecule has 2 N–H and O–H groups in total. The first kappa shape index (κ1) is 6.96. The van der Waals surface area contributed by atoms with E-state index in [1.165, 1.54) is 19.3 Å². The molecule has 0 aromatic carbocycles. The van der Waals surface area contributed by atoms with Gasteiger partial charge >= 0.3 is 0 Å². The van der Waals surface area contributed by atoms with Crippen molar-refractivity contribution < 1.29 is 0 Å². The number of thiocarbonyl (C=S) groups is 1. The Labute approximate surface area is 61.0 Å². The Kier molecular flexibility index (Phi) is 2.42. The van der Waals surface area contributed by atoms with Gasteiger partial charge in [-0.1, -0.05) is 18.6 Å². The summed E-state index contributed by atoms with van der Waals surface area (Å²) >= 11 is 5.02. The van der Waals surface area contributed by atoms with Crippen molar-refractivity contribution in [1.82, 2.24) is 5.01 Å². The van der Waals surface area contributed by atoms with Gasteiger partial charge in [-0.3, -0.25) is 0 Å². The van der Waals surface area contributed by atoms with Gasteiger partial charge in [-0.15, -0.1) is 0 Å². The SMILES string of the molecule is NN1CCCCCC1=S. The summed E-state index contributed by atoms with van der Waals surface area (Å²) in [7, 11) is 0. The molecule has 1 fully saturated rings. The topological polar surface area (TPSA) is 29.3 Å². The van der Waals surface area contributed by atoms with E-state index >= 15 is 0 Å². The van der Waals surface area contributed by atoms with Crippen molar-refractivity contribution in [2.24, 2.45) is 5.84 Å². The fourth-order valence-electron chi connectivity index (χ4n) is 1.00. The Hall–Kier alpha value is -0.150. The minimum atomic E-state index is 0.924. The molecular formula is C6H12N2S. The zero-order chi connectivity index (χ0) is 6.69. The average molecular weight is 144 g/mol. The Morgan fingerprint density at radius 2 is 2.11 bits per heavy atom. The van der Waals surface area contributed by atoms with Gasteiger partial charge in [0.25, 0.3) is 0 Å². The minimum absolute atomic E-state index is 0.924. The van der Waals surface area contributed by atoms with Crippen molar-refractivity contribution in [3.63, 3.8) is 0 Å². The quantitative estimate of drug-likeness (QED) is 0.407. The summed E-state index contributed by atoms with van der Waals surface area (Å²) in [4.78, 5) is 0.924. The van der Waals surface area contributed by atoms with Crippen LogP contribution < -0.4 is 5.84 Å². The maximum Gasteiger partial charge on any atom is 0.0919 e. The van der Waals surface area contributed by atoms with Crippen molar-refractivity contribution in [2.75, 3.05) is 6.54 Å². The molecule has 1 saturated heterocycles. The van der Waals surface area contributed by atoms with Crippen LogP contribution in [-0.4, -0.2) is 16.5 Å². The van der Waals surface area contributed by atoms with E-state index in [1.807, 2.05) is 0 Å². The van der Waals surface area contributed by atoms with Crippen molar-refractivity contribution in [2.45, 2.75) is 25.7 Å². The third kappa shape index (κ3) is 1.91. The molecule has 52 valence electrons. The fraction of sp³-hybridized carbons (Fsp3) is 0.833. The number of rotatable bonds is 0. The number of hydrogen-bond acceptors (Lipinski definition) is 2. The molecule has 0 atom stereocenters. The van der Waals surface area contributed by atoms with Crippen LogP contribution in [0.5, 0.6) is 0 Å². The average Bonchev–Trinajstić information content (AvgIpc) is 1.99. The van der Waals surface area contributed by atoms with Gasteiger partial charge in [-0.25, -0.2) is 5.84 Å². The molecule has 1 rings (SSSR count). The van der Waals surface area contributed by atoms with Crippen LogP contribution in [0.15, 0.2) is 0 Å². The van der Waals surface area contributed by atoms with Crippen molar-refractivity contribution in [3.05, 3.63) is 0 Å². The van der Waals surface area contributed by atoms with Crippen LogP contribution in [0, 0.1) is 0 Å². The monoisotopic (exact) mass is 144 g/mol. The highest BCUT2D eigenvalue weighted by molar-refractivity contribution is 7.80. The van der Waals surface area contributed by atoms with Gasteiger partial charge in [0.2, 0.25) is 0 Å². The van der Waals surface area contributed by atoms with Gasteiger partial charge in [-0.05, 0) is 19.3 Å². The van der Waals surface area contributed by atoms with E-state index in [2.05, 4.69) is 0 Å². The van der Waals surface area contributed by atoms with Crippen molar-refractivity contribution in [3.8, 4) is 0 Å². The molecule has 1 aliphatic heterocycles. The van der Waals surface area contributed by atoms with E-state index in [-0.39, 0.29) is 0 Å². The van der Waals surface area contributed by atoms with Crippen molar-refractivity contribution >= 4 is 17.2 Å². The number of hydrogen-bond donors (Lipinski definition) is 1. The van der Waals surface area contributed by atoms with Crippen LogP contribution in [-0.2, 0) is 0 Å². The zero-order valence-corrected chi connectivity index (χ0v) is 6.28. The number of hydrazine groups is 1. The summed E-state index contributed by atoms with van der Waals surface area (Å²) in [6, 6.07) is 0. The lowest BCUT2D eigenvalue weighted by molar-refractivity contribution is 0.441. The second kappa shape index (κ2) is 3.13. The number of nitrogens with zero attached hydrogens (tertiary/aromatic N) is 1. The molecule has 2 nitrogen and oxygen atoms in total. The normalized spacial score (nSPS) is 21.9. The molecule has 9 heavy (non-hydrogen) atoms. The minimum Gasteiger partial charge on any atom is -0.305 e.